The molecule has 0 saturated carbocycles. The number of hydrogen-bond acceptors (Lipinski definition) is 2. The molecule has 1 saturated heterocycles. The monoisotopic (exact) mass is 558 g/mol. The van der Waals surface area contributed by atoms with Crippen molar-refractivity contribution in [3.05, 3.63) is 144 Å². The SMILES string of the molecule is CCCCCC(N)(CC)C1(c2ccccc2)CCN(CCC(c2ccccc2)(c2ccccc2)c2ccccc2)CC1. The van der Waals surface area contributed by atoms with Crippen LogP contribution in [0.3, 0.4) is 0 Å². The average molecular weight is 559 g/mol. The van der Waals surface area contributed by atoms with E-state index in [2.05, 4.69) is 140 Å². The Kier molecular flexibility index (Phi) is 9.98. The first-order valence-corrected chi connectivity index (χ1v) is 16.3. The summed E-state index contributed by atoms with van der Waals surface area (Å²) in [4.78, 5) is 2.72. The predicted octanol–water partition coefficient (Wildman–Crippen LogP) is 9.13. The minimum absolute atomic E-state index is 0.0165. The molecule has 4 aromatic carbocycles. The summed E-state index contributed by atoms with van der Waals surface area (Å²) in [5.41, 5.74) is 12.6. The molecule has 220 valence electrons. The summed E-state index contributed by atoms with van der Waals surface area (Å²) >= 11 is 0. The zero-order chi connectivity index (χ0) is 29.3. The number of piperidine rings is 1. The van der Waals surface area contributed by atoms with Gasteiger partial charge in [-0.1, -0.05) is 154 Å². The molecular formula is C40H50N2. The highest BCUT2D eigenvalue weighted by Crippen LogP contribution is 2.48. The Morgan fingerprint density at radius 3 is 1.50 bits per heavy atom. The lowest BCUT2D eigenvalue weighted by atomic mass is 9.58. The molecule has 1 unspecified atom stereocenters. The number of hydrogen-bond donors (Lipinski definition) is 1. The van der Waals surface area contributed by atoms with Gasteiger partial charge < -0.3 is 10.6 Å². The summed E-state index contributed by atoms with van der Waals surface area (Å²) in [5.74, 6) is 0. The highest BCUT2D eigenvalue weighted by Gasteiger charge is 2.50. The van der Waals surface area contributed by atoms with E-state index in [9.17, 15) is 0 Å². The van der Waals surface area contributed by atoms with E-state index in [0.29, 0.717) is 0 Å². The van der Waals surface area contributed by atoms with E-state index in [1.54, 1.807) is 0 Å². The largest absolute Gasteiger partial charge is 0.324 e. The van der Waals surface area contributed by atoms with Crippen LogP contribution in [0.15, 0.2) is 121 Å². The molecule has 2 heteroatoms. The van der Waals surface area contributed by atoms with Gasteiger partial charge >= 0.3 is 0 Å². The van der Waals surface area contributed by atoms with Crippen LogP contribution in [-0.2, 0) is 10.8 Å². The minimum atomic E-state index is -0.209. The van der Waals surface area contributed by atoms with Gasteiger partial charge in [0, 0.05) is 16.4 Å². The molecule has 1 heterocycles. The molecule has 1 fully saturated rings. The van der Waals surface area contributed by atoms with Gasteiger partial charge in [0.2, 0.25) is 0 Å². The first-order chi connectivity index (χ1) is 20.6. The summed E-state index contributed by atoms with van der Waals surface area (Å²) in [5, 5.41) is 0. The maximum Gasteiger partial charge on any atom is 0.0463 e. The fraction of sp³-hybridized carbons (Fsp3) is 0.400. The van der Waals surface area contributed by atoms with Gasteiger partial charge in [-0.2, -0.15) is 0 Å². The van der Waals surface area contributed by atoms with E-state index in [4.69, 9.17) is 5.73 Å². The molecule has 5 rings (SSSR count). The van der Waals surface area contributed by atoms with Crippen molar-refractivity contribution in [2.45, 2.75) is 81.6 Å². The Bertz CT molecular complexity index is 1230. The lowest BCUT2D eigenvalue weighted by molar-refractivity contribution is 0.0804. The molecule has 1 atom stereocenters. The molecule has 1 aliphatic heterocycles. The van der Waals surface area contributed by atoms with Crippen LogP contribution in [0.1, 0.15) is 87.5 Å². The van der Waals surface area contributed by atoms with Crippen molar-refractivity contribution in [3.63, 3.8) is 0 Å². The molecule has 0 aliphatic carbocycles. The van der Waals surface area contributed by atoms with Gasteiger partial charge in [0.1, 0.15) is 0 Å². The molecule has 1 aliphatic rings. The zero-order valence-corrected chi connectivity index (χ0v) is 25.8. The molecule has 4 aromatic rings. The Morgan fingerprint density at radius 1 is 0.619 bits per heavy atom. The van der Waals surface area contributed by atoms with Crippen LogP contribution in [0.2, 0.25) is 0 Å². The maximum absolute atomic E-state index is 7.48. The van der Waals surface area contributed by atoms with Crippen molar-refractivity contribution in [1.82, 2.24) is 4.90 Å². The van der Waals surface area contributed by atoms with Gasteiger partial charge in [-0.25, -0.2) is 0 Å². The number of nitrogens with two attached hydrogens (primary N) is 1. The molecule has 0 bridgehead atoms. The van der Waals surface area contributed by atoms with Crippen LogP contribution < -0.4 is 5.73 Å². The lowest BCUT2D eigenvalue weighted by Crippen LogP contribution is -2.62. The van der Waals surface area contributed by atoms with E-state index in [-0.39, 0.29) is 16.4 Å². The minimum Gasteiger partial charge on any atom is -0.324 e. The topological polar surface area (TPSA) is 29.3 Å². The maximum atomic E-state index is 7.48. The molecule has 0 spiro atoms. The van der Waals surface area contributed by atoms with E-state index in [0.717, 1.165) is 51.7 Å². The second-order valence-corrected chi connectivity index (χ2v) is 12.5. The number of benzene rings is 4. The third-order valence-corrected chi connectivity index (χ3v) is 10.4. The van der Waals surface area contributed by atoms with Crippen LogP contribution >= 0.6 is 0 Å². The van der Waals surface area contributed by atoms with Crippen LogP contribution in [0, 0.1) is 0 Å². The second kappa shape index (κ2) is 13.8. The first kappa shape index (κ1) is 30.3. The third kappa shape index (κ3) is 5.98. The van der Waals surface area contributed by atoms with Crippen LogP contribution in [0.5, 0.6) is 0 Å². The Balaban J connectivity index is 1.44. The second-order valence-electron chi connectivity index (χ2n) is 12.5. The highest BCUT2D eigenvalue weighted by atomic mass is 15.1. The van der Waals surface area contributed by atoms with E-state index in [1.807, 2.05) is 0 Å². The lowest BCUT2D eigenvalue weighted by Gasteiger charge is -2.53. The zero-order valence-electron chi connectivity index (χ0n) is 25.8. The van der Waals surface area contributed by atoms with Gasteiger partial charge in [-0.15, -0.1) is 0 Å². The summed E-state index contributed by atoms with van der Waals surface area (Å²) in [6.45, 7) is 7.81. The fourth-order valence-corrected chi connectivity index (χ4v) is 7.86. The van der Waals surface area contributed by atoms with E-state index < -0.39 is 0 Å². The quantitative estimate of drug-likeness (QED) is 0.131. The number of nitrogens with zero attached hydrogens (tertiary/aromatic N) is 1. The molecule has 0 aromatic heterocycles. The standard InChI is InChI=1S/C40H50N2/c1-3-5-18-27-39(41,4-2)38(34-19-10-6-11-20-34)28-31-42(32-29-38)33-30-40(35-21-12-7-13-22-35,36-23-14-8-15-24-36)37-25-16-9-17-26-37/h6-17,19-26H,3-5,18,27-33,41H2,1-2H3. The van der Waals surface area contributed by atoms with Crippen LogP contribution in [-0.4, -0.2) is 30.1 Å². The summed E-state index contributed by atoms with van der Waals surface area (Å²) < 4.78 is 0. The van der Waals surface area contributed by atoms with E-state index >= 15 is 0 Å². The van der Waals surface area contributed by atoms with Crippen LogP contribution in [0.25, 0.3) is 0 Å². The third-order valence-electron chi connectivity index (χ3n) is 10.4. The molecular weight excluding hydrogens is 508 g/mol. The van der Waals surface area contributed by atoms with Crippen molar-refractivity contribution in [3.8, 4) is 0 Å². The van der Waals surface area contributed by atoms with Gasteiger partial charge in [0.25, 0.3) is 0 Å². The normalized spacial score (nSPS) is 17.0. The average Bonchev–Trinajstić information content (AvgIpc) is 3.07. The molecule has 0 radical (unpaired) electrons. The smallest absolute Gasteiger partial charge is 0.0463 e. The molecule has 2 nitrogen and oxygen atoms in total. The van der Waals surface area contributed by atoms with Crippen molar-refractivity contribution in [1.29, 1.82) is 0 Å². The number of unbranched alkanes of at least 4 members (excludes halogenated alkanes) is 2. The van der Waals surface area contributed by atoms with E-state index in [1.165, 1.54) is 41.5 Å². The van der Waals surface area contributed by atoms with Gasteiger partial charge in [0.15, 0.2) is 0 Å². The summed E-state index contributed by atoms with van der Waals surface area (Å²) in [7, 11) is 0. The molecule has 2 N–H and O–H groups in total. The molecule has 0 amide bonds. The van der Waals surface area contributed by atoms with Crippen molar-refractivity contribution >= 4 is 0 Å². The first-order valence-electron chi connectivity index (χ1n) is 16.3. The van der Waals surface area contributed by atoms with Gasteiger partial charge in [0.05, 0.1) is 0 Å². The van der Waals surface area contributed by atoms with Gasteiger partial charge in [-0.05, 0) is 74.0 Å². The Hall–Kier alpha value is -3.20. The molecule has 42 heavy (non-hydrogen) atoms. The fourth-order valence-electron chi connectivity index (χ4n) is 7.86. The summed E-state index contributed by atoms with van der Waals surface area (Å²) in [6.07, 6.45) is 9.09. The van der Waals surface area contributed by atoms with Crippen molar-refractivity contribution in [2.24, 2.45) is 5.73 Å². The number of rotatable bonds is 13. The van der Waals surface area contributed by atoms with Crippen molar-refractivity contribution in [2.75, 3.05) is 19.6 Å². The Labute approximate surface area is 255 Å². The highest BCUT2D eigenvalue weighted by molar-refractivity contribution is 5.50. The summed E-state index contributed by atoms with van der Waals surface area (Å²) in [6, 6.07) is 44.7. The van der Waals surface area contributed by atoms with Crippen molar-refractivity contribution < 1.29 is 0 Å². The predicted molar refractivity (Wildman–Crippen MR) is 179 cm³/mol. The number of likely N-dealkylation sites (tertiary alicyclic amines) is 1. The van der Waals surface area contributed by atoms with Crippen LogP contribution in [0.4, 0.5) is 0 Å². The Morgan fingerprint density at radius 2 is 1.07 bits per heavy atom. The van der Waals surface area contributed by atoms with Gasteiger partial charge in [-0.3, -0.25) is 0 Å².